The van der Waals surface area contributed by atoms with Crippen LogP contribution in [-0.2, 0) is 23.0 Å². The van der Waals surface area contributed by atoms with Crippen LogP contribution in [0.25, 0.3) is 0 Å². The van der Waals surface area contributed by atoms with Crippen molar-refractivity contribution >= 4 is 21.4 Å². The first-order valence-electron chi connectivity index (χ1n) is 6.91. The molecule has 2 aromatic rings. The normalized spacial score (nSPS) is 18.6. The minimum Gasteiger partial charge on any atom is -0.329 e. The molecule has 0 aliphatic heterocycles. The van der Waals surface area contributed by atoms with Gasteiger partial charge in [0.2, 0.25) is 10.0 Å². The second-order valence-corrected chi connectivity index (χ2v) is 7.81. The molecular formula is C13H18N4O2S2. The van der Waals surface area contributed by atoms with Crippen molar-refractivity contribution in [3.8, 4) is 0 Å². The molecule has 3 rings (SSSR count). The van der Waals surface area contributed by atoms with E-state index >= 15 is 0 Å². The molecule has 0 fully saturated rings. The Balaban J connectivity index is 1.80. The van der Waals surface area contributed by atoms with E-state index in [0.29, 0.717) is 13.1 Å². The lowest BCUT2D eigenvalue weighted by Crippen LogP contribution is -2.30. The van der Waals surface area contributed by atoms with Gasteiger partial charge in [0.1, 0.15) is 4.90 Å². The molecule has 0 saturated heterocycles. The van der Waals surface area contributed by atoms with Crippen molar-refractivity contribution in [2.24, 2.45) is 5.73 Å². The fourth-order valence-corrected chi connectivity index (χ4v) is 4.79. The van der Waals surface area contributed by atoms with E-state index in [1.165, 1.54) is 17.3 Å². The van der Waals surface area contributed by atoms with E-state index in [1.807, 2.05) is 11.4 Å². The zero-order chi connectivity index (χ0) is 14.9. The third kappa shape index (κ3) is 3.03. The van der Waals surface area contributed by atoms with Gasteiger partial charge in [0.25, 0.3) is 0 Å². The molecule has 8 heteroatoms. The fraction of sp³-hybridized carbons (Fsp3) is 0.462. The summed E-state index contributed by atoms with van der Waals surface area (Å²) in [5.74, 6) is 0. The van der Waals surface area contributed by atoms with Gasteiger partial charge in [0.15, 0.2) is 0 Å². The van der Waals surface area contributed by atoms with Crippen LogP contribution in [0.5, 0.6) is 0 Å². The van der Waals surface area contributed by atoms with Crippen LogP contribution >= 0.6 is 11.3 Å². The van der Waals surface area contributed by atoms with Gasteiger partial charge in [0.05, 0.1) is 12.7 Å². The quantitative estimate of drug-likeness (QED) is 0.865. The number of hydrogen-bond donors (Lipinski definition) is 2. The van der Waals surface area contributed by atoms with Crippen molar-refractivity contribution in [3.63, 3.8) is 0 Å². The standard InChI is InChI=1S/C13H18N4O2S2/c14-5-6-17-9-10(8-15-17)21(18,19)16-12-2-1-3-13-11(12)4-7-20-13/h4,7-9,12,16H,1-3,5-6,14H2. The number of hydrogen-bond acceptors (Lipinski definition) is 5. The fourth-order valence-electron chi connectivity index (χ4n) is 2.60. The SMILES string of the molecule is NCCn1cc(S(=O)(=O)NC2CCCc3sccc32)cn1. The number of sulfonamides is 1. The van der Waals surface area contributed by atoms with Crippen molar-refractivity contribution in [1.82, 2.24) is 14.5 Å². The smallest absolute Gasteiger partial charge is 0.244 e. The maximum atomic E-state index is 12.5. The van der Waals surface area contributed by atoms with Crippen molar-refractivity contribution in [2.45, 2.75) is 36.7 Å². The Hall–Kier alpha value is -1.22. The van der Waals surface area contributed by atoms with Gasteiger partial charge in [-0.25, -0.2) is 13.1 Å². The predicted molar refractivity (Wildman–Crippen MR) is 81.6 cm³/mol. The lowest BCUT2D eigenvalue weighted by molar-refractivity contribution is 0.511. The van der Waals surface area contributed by atoms with Crippen molar-refractivity contribution < 1.29 is 8.42 Å². The molecule has 0 bridgehead atoms. The number of aromatic nitrogens is 2. The van der Waals surface area contributed by atoms with E-state index in [1.54, 1.807) is 16.0 Å². The van der Waals surface area contributed by atoms with Crippen LogP contribution in [0, 0.1) is 0 Å². The molecule has 1 atom stereocenters. The van der Waals surface area contributed by atoms with Crippen LogP contribution in [0.1, 0.15) is 29.3 Å². The van der Waals surface area contributed by atoms with E-state index in [2.05, 4.69) is 9.82 Å². The van der Waals surface area contributed by atoms with Gasteiger partial charge in [0, 0.05) is 23.7 Å². The first kappa shape index (κ1) is 14.7. The molecule has 3 N–H and O–H groups in total. The summed E-state index contributed by atoms with van der Waals surface area (Å²) >= 11 is 1.70. The number of fused-ring (bicyclic) bond motifs is 1. The summed E-state index contributed by atoms with van der Waals surface area (Å²) < 4.78 is 29.3. The Morgan fingerprint density at radius 2 is 2.38 bits per heavy atom. The maximum absolute atomic E-state index is 12.5. The van der Waals surface area contributed by atoms with Crippen molar-refractivity contribution in [2.75, 3.05) is 6.54 Å². The summed E-state index contributed by atoms with van der Waals surface area (Å²) in [7, 11) is -3.55. The summed E-state index contributed by atoms with van der Waals surface area (Å²) in [4.78, 5) is 1.48. The Morgan fingerprint density at radius 1 is 1.52 bits per heavy atom. The van der Waals surface area contributed by atoms with Crippen molar-refractivity contribution in [1.29, 1.82) is 0 Å². The summed E-state index contributed by atoms with van der Waals surface area (Å²) in [5, 5.41) is 6.04. The number of nitrogens with one attached hydrogen (secondary N) is 1. The Kier molecular flexibility index (Phi) is 4.12. The Bertz CT molecular complexity index is 720. The van der Waals surface area contributed by atoms with Gasteiger partial charge in [-0.1, -0.05) is 0 Å². The minimum atomic E-state index is -3.55. The van der Waals surface area contributed by atoms with Gasteiger partial charge in [-0.05, 0) is 36.3 Å². The molecule has 2 aromatic heterocycles. The molecule has 114 valence electrons. The highest BCUT2D eigenvalue weighted by Gasteiger charge is 2.27. The van der Waals surface area contributed by atoms with Crippen LogP contribution < -0.4 is 10.5 Å². The average molecular weight is 326 g/mol. The van der Waals surface area contributed by atoms with E-state index in [9.17, 15) is 8.42 Å². The third-order valence-corrected chi connectivity index (χ3v) is 6.05. The molecule has 0 saturated carbocycles. The number of rotatable bonds is 5. The molecule has 0 spiro atoms. The molecule has 1 aliphatic rings. The zero-order valence-electron chi connectivity index (χ0n) is 11.5. The highest BCUT2D eigenvalue weighted by molar-refractivity contribution is 7.89. The van der Waals surface area contributed by atoms with E-state index in [-0.39, 0.29) is 10.9 Å². The second-order valence-electron chi connectivity index (χ2n) is 5.09. The molecule has 1 unspecified atom stereocenters. The summed E-state index contributed by atoms with van der Waals surface area (Å²) in [6.45, 7) is 0.934. The van der Waals surface area contributed by atoms with Gasteiger partial charge < -0.3 is 5.73 Å². The maximum Gasteiger partial charge on any atom is 0.244 e. The third-order valence-electron chi connectivity index (χ3n) is 3.63. The van der Waals surface area contributed by atoms with Crippen LogP contribution in [0.4, 0.5) is 0 Å². The van der Waals surface area contributed by atoms with Gasteiger partial charge in [-0.3, -0.25) is 4.68 Å². The average Bonchev–Trinajstić information content (AvgIpc) is 3.08. The lowest BCUT2D eigenvalue weighted by Gasteiger charge is -2.23. The Labute approximate surface area is 128 Å². The highest BCUT2D eigenvalue weighted by atomic mass is 32.2. The number of nitrogens with zero attached hydrogens (tertiary/aromatic N) is 2. The number of aryl methyl sites for hydroxylation is 1. The highest BCUT2D eigenvalue weighted by Crippen LogP contribution is 2.34. The van der Waals surface area contributed by atoms with Gasteiger partial charge in [-0.15, -0.1) is 11.3 Å². The molecular weight excluding hydrogens is 308 g/mol. The second kappa shape index (κ2) is 5.88. The predicted octanol–water partition coefficient (Wildman–Crippen LogP) is 1.26. The lowest BCUT2D eigenvalue weighted by atomic mass is 9.95. The molecule has 21 heavy (non-hydrogen) atoms. The topological polar surface area (TPSA) is 90.0 Å². The van der Waals surface area contributed by atoms with Crippen molar-refractivity contribution in [3.05, 3.63) is 34.3 Å². The minimum absolute atomic E-state index is 0.136. The largest absolute Gasteiger partial charge is 0.329 e. The summed E-state index contributed by atoms with van der Waals surface area (Å²) in [5.41, 5.74) is 6.56. The first-order valence-corrected chi connectivity index (χ1v) is 9.27. The monoisotopic (exact) mass is 326 g/mol. The van der Waals surface area contributed by atoms with E-state index < -0.39 is 10.0 Å². The molecule has 2 heterocycles. The van der Waals surface area contributed by atoms with E-state index in [0.717, 1.165) is 24.8 Å². The number of nitrogens with two attached hydrogens (primary N) is 1. The molecule has 0 amide bonds. The zero-order valence-corrected chi connectivity index (χ0v) is 13.2. The van der Waals surface area contributed by atoms with E-state index in [4.69, 9.17) is 5.73 Å². The van der Waals surface area contributed by atoms with Crippen LogP contribution in [0.2, 0.25) is 0 Å². The molecule has 0 aromatic carbocycles. The van der Waals surface area contributed by atoms with Crippen LogP contribution in [-0.4, -0.2) is 24.7 Å². The first-order chi connectivity index (χ1) is 10.1. The summed E-state index contributed by atoms with van der Waals surface area (Å²) in [6.07, 6.45) is 5.77. The van der Waals surface area contributed by atoms with Crippen LogP contribution in [0.3, 0.4) is 0 Å². The number of thiophene rings is 1. The van der Waals surface area contributed by atoms with Gasteiger partial charge in [-0.2, -0.15) is 5.10 Å². The molecule has 6 nitrogen and oxygen atoms in total. The van der Waals surface area contributed by atoms with Gasteiger partial charge >= 0.3 is 0 Å². The molecule has 0 radical (unpaired) electrons. The Morgan fingerprint density at radius 3 is 3.19 bits per heavy atom. The van der Waals surface area contributed by atoms with Crippen LogP contribution in [0.15, 0.2) is 28.7 Å². The summed E-state index contributed by atoms with van der Waals surface area (Å²) in [6, 6.07) is 1.88. The molecule has 1 aliphatic carbocycles.